The molecule has 4 aromatic rings. The molecule has 0 bridgehead atoms. The second-order valence-electron chi connectivity index (χ2n) is 9.73. The summed E-state index contributed by atoms with van der Waals surface area (Å²) >= 11 is 0. The number of amidine groups is 1. The Hall–Kier alpha value is -4.44. The standard InChI is InChI=1S/C29H27F3N6O/c1-36(2)17-21-6-3-4-9-23(21)18-10-11-24-19(14-18)12-13-37(24)28(39)25-16-26(29(30,31)32)35-38(25)22-8-5-7-20(15-22)27(33)34/h3-11,14-16H,12-13,17H2,1-2H3,(H3,33,34). The van der Waals surface area contributed by atoms with Crippen LogP contribution < -0.4 is 10.6 Å². The number of rotatable bonds is 6. The third-order valence-corrected chi connectivity index (χ3v) is 6.66. The number of anilines is 1. The Morgan fingerprint density at radius 2 is 1.82 bits per heavy atom. The van der Waals surface area contributed by atoms with E-state index in [1.807, 2.05) is 44.4 Å². The SMILES string of the molecule is CN(C)Cc1ccccc1-c1ccc2c(c1)CCN2C(=O)c1cc(C(F)(F)F)nn1-c1cccc(C(=N)N)c1. The van der Waals surface area contributed by atoms with Crippen LogP contribution in [0.15, 0.2) is 72.8 Å². The molecule has 0 unspecified atom stereocenters. The molecule has 200 valence electrons. The van der Waals surface area contributed by atoms with E-state index >= 15 is 0 Å². The van der Waals surface area contributed by atoms with Crippen molar-refractivity contribution in [3.8, 4) is 16.8 Å². The number of amides is 1. The first-order valence-corrected chi connectivity index (χ1v) is 12.3. The Morgan fingerprint density at radius 1 is 1.05 bits per heavy atom. The molecule has 1 aliphatic heterocycles. The van der Waals surface area contributed by atoms with Gasteiger partial charge in [-0.3, -0.25) is 10.2 Å². The number of alkyl halides is 3. The number of carbonyl (C=O) groups is 1. The molecular formula is C29H27F3N6O. The van der Waals surface area contributed by atoms with E-state index in [0.29, 0.717) is 24.2 Å². The number of carbonyl (C=O) groups excluding carboxylic acids is 1. The van der Waals surface area contributed by atoms with Crippen molar-refractivity contribution in [3.63, 3.8) is 0 Å². The summed E-state index contributed by atoms with van der Waals surface area (Å²) in [7, 11) is 4.02. The van der Waals surface area contributed by atoms with Crippen molar-refractivity contribution in [2.45, 2.75) is 19.1 Å². The lowest BCUT2D eigenvalue weighted by Gasteiger charge is -2.19. The summed E-state index contributed by atoms with van der Waals surface area (Å²) < 4.78 is 41.9. The van der Waals surface area contributed by atoms with Gasteiger partial charge < -0.3 is 15.5 Å². The van der Waals surface area contributed by atoms with Crippen LogP contribution in [0.3, 0.4) is 0 Å². The van der Waals surface area contributed by atoms with Crippen molar-refractivity contribution in [2.75, 3.05) is 25.5 Å². The van der Waals surface area contributed by atoms with Crippen LogP contribution in [0.25, 0.3) is 16.8 Å². The highest BCUT2D eigenvalue weighted by atomic mass is 19.4. The van der Waals surface area contributed by atoms with E-state index in [0.717, 1.165) is 34.0 Å². The van der Waals surface area contributed by atoms with Gasteiger partial charge in [-0.15, -0.1) is 0 Å². The number of fused-ring (bicyclic) bond motifs is 1. The van der Waals surface area contributed by atoms with Crippen LogP contribution in [0.1, 0.15) is 32.9 Å². The summed E-state index contributed by atoms with van der Waals surface area (Å²) in [4.78, 5) is 17.3. The number of hydrogen-bond acceptors (Lipinski definition) is 4. The summed E-state index contributed by atoms with van der Waals surface area (Å²) in [5.74, 6) is -0.838. The number of aromatic nitrogens is 2. The van der Waals surface area contributed by atoms with E-state index in [1.165, 1.54) is 22.6 Å². The van der Waals surface area contributed by atoms with E-state index in [9.17, 15) is 18.0 Å². The number of nitrogens with zero attached hydrogens (tertiary/aromatic N) is 4. The van der Waals surface area contributed by atoms with Gasteiger partial charge in [0.1, 0.15) is 11.5 Å². The van der Waals surface area contributed by atoms with Crippen molar-refractivity contribution >= 4 is 17.4 Å². The highest BCUT2D eigenvalue weighted by Crippen LogP contribution is 2.36. The second kappa shape index (κ2) is 10.0. The predicted molar refractivity (Wildman–Crippen MR) is 144 cm³/mol. The summed E-state index contributed by atoms with van der Waals surface area (Å²) in [5.41, 5.74) is 9.57. The van der Waals surface area contributed by atoms with Crippen molar-refractivity contribution < 1.29 is 18.0 Å². The molecule has 0 radical (unpaired) electrons. The molecule has 10 heteroatoms. The fourth-order valence-corrected chi connectivity index (χ4v) is 4.87. The molecule has 1 amide bonds. The number of nitrogens with one attached hydrogen (secondary N) is 1. The molecule has 2 heterocycles. The van der Waals surface area contributed by atoms with Crippen LogP contribution >= 0.6 is 0 Å². The fraction of sp³-hybridized carbons (Fsp3) is 0.207. The molecule has 0 saturated carbocycles. The molecule has 1 aromatic heterocycles. The molecule has 7 nitrogen and oxygen atoms in total. The first kappa shape index (κ1) is 26.2. The Bertz CT molecular complexity index is 1570. The summed E-state index contributed by atoms with van der Waals surface area (Å²) in [5, 5.41) is 11.4. The van der Waals surface area contributed by atoms with E-state index < -0.39 is 17.8 Å². The zero-order chi connectivity index (χ0) is 27.9. The average molecular weight is 533 g/mol. The fourth-order valence-electron chi connectivity index (χ4n) is 4.87. The third kappa shape index (κ3) is 5.15. The summed E-state index contributed by atoms with van der Waals surface area (Å²) in [6.07, 6.45) is -4.17. The number of halogens is 3. The Morgan fingerprint density at radius 3 is 2.54 bits per heavy atom. The zero-order valence-electron chi connectivity index (χ0n) is 21.5. The van der Waals surface area contributed by atoms with E-state index in [2.05, 4.69) is 22.1 Å². The van der Waals surface area contributed by atoms with E-state index in [1.54, 1.807) is 12.1 Å². The maximum Gasteiger partial charge on any atom is 0.435 e. The lowest BCUT2D eigenvalue weighted by atomic mass is 9.97. The highest BCUT2D eigenvalue weighted by molar-refractivity contribution is 6.07. The van der Waals surface area contributed by atoms with Crippen molar-refractivity contribution in [2.24, 2.45) is 5.73 Å². The Labute approximate surface area is 223 Å². The molecule has 0 atom stereocenters. The first-order chi connectivity index (χ1) is 18.5. The minimum Gasteiger partial charge on any atom is -0.384 e. The monoisotopic (exact) mass is 532 g/mol. The van der Waals surface area contributed by atoms with Gasteiger partial charge in [-0.05, 0) is 67.0 Å². The van der Waals surface area contributed by atoms with Gasteiger partial charge in [0.2, 0.25) is 0 Å². The summed E-state index contributed by atoms with van der Waals surface area (Å²) in [6.45, 7) is 1.10. The van der Waals surface area contributed by atoms with E-state index in [4.69, 9.17) is 11.1 Å². The Balaban J connectivity index is 1.53. The van der Waals surface area contributed by atoms with Gasteiger partial charge >= 0.3 is 6.18 Å². The highest BCUT2D eigenvalue weighted by Gasteiger charge is 2.38. The molecule has 0 aliphatic carbocycles. The topological polar surface area (TPSA) is 91.2 Å². The molecule has 0 spiro atoms. The van der Waals surface area contributed by atoms with Crippen LogP contribution in [-0.4, -0.2) is 47.1 Å². The smallest absolute Gasteiger partial charge is 0.384 e. The lowest BCUT2D eigenvalue weighted by Crippen LogP contribution is -2.30. The van der Waals surface area contributed by atoms with Crippen molar-refractivity contribution in [3.05, 3.63) is 101 Å². The molecule has 5 rings (SSSR count). The third-order valence-electron chi connectivity index (χ3n) is 6.66. The molecule has 0 saturated heterocycles. The lowest BCUT2D eigenvalue weighted by molar-refractivity contribution is -0.141. The number of hydrogen-bond donors (Lipinski definition) is 2. The second-order valence-corrected chi connectivity index (χ2v) is 9.73. The van der Waals surface area contributed by atoms with Gasteiger partial charge in [-0.25, -0.2) is 4.68 Å². The minimum atomic E-state index is -4.74. The van der Waals surface area contributed by atoms with Crippen LogP contribution in [0.2, 0.25) is 0 Å². The molecule has 0 fully saturated rings. The van der Waals surface area contributed by atoms with Crippen molar-refractivity contribution in [1.82, 2.24) is 14.7 Å². The van der Waals surface area contributed by atoms with Gasteiger partial charge in [0.15, 0.2) is 5.69 Å². The van der Waals surface area contributed by atoms with Gasteiger partial charge in [0.05, 0.1) is 5.69 Å². The van der Waals surface area contributed by atoms with Crippen LogP contribution in [0.4, 0.5) is 18.9 Å². The maximum absolute atomic E-state index is 13.7. The Kier molecular flexibility index (Phi) is 6.73. The van der Waals surface area contributed by atoms with Gasteiger partial charge in [-0.2, -0.15) is 18.3 Å². The number of nitrogen functional groups attached to an aromatic ring is 1. The summed E-state index contributed by atoms with van der Waals surface area (Å²) in [6, 6.07) is 20.8. The molecular weight excluding hydrogens is 505 g/mol. The predicted octanol–water partition coefficient (Wildman–Crippen LogP) is 5.11. The molecule has 1 aliphatic rings. The zero-order valence-corrected chi connectivity index (χ0v) is 21.5. The molecule has 39 heavy (non-hydrogen) atoms. The van der Waals surface area contributed by atoms with Gasteiger partial charge in [0, 0.05) is 30.4 Å². The van der Waals surface area contributed by atoms with Crippen LogP contribution in [0.5, 0.6) is 0 Å². The molecule has 3 N–H and O–H groups in total. The molecule has 3 aromatic carbocycles. The van der Waals surface area contributed by atoms with Crippen LogP contribution in [-0.2, 0) is 19.1 Å². The minimum absolute atomic E-state index is 0.203. The quantitative estimate of drug-likeness (QED) is 0.267. The number of nitrogens with two attached hydrogens (primary N) is 1. The van der Waals surface area contributed by atoms with Gasteiger partial charge in [0.25, 0.3) is 5.91 Å². The van der Waals surface area contributed by atoms with Gasteiger partial charge in [-0.1, -0.05) is 42.5 Å². The number of benzene rings is 3. The van der Waals surface area contributed by atoms with Crippen molar-refractivity contribution in [1.29, 1.82) is 5.41 Å². The van der Waals surface area contributed by atoms with Crippen LogP contribution in [0, 0.1) is 5.41 Å². The average Bonchev–Trinajstić information content (AvgIpc) is 3.53. The maximum atomic E-state index is 13.7. The largest absolute Gasteiger partial charge is 0.435 e. The van der Waals surface area contributed by atoms with E-state index in [-0.39, 0.29) is 17.2 Å². The first-order valence-electron chi connectivity index (χ1n) is 12.3. The normalized spacial score (nSPS) is 13.1.